The number of methoxy groups -OCH3 is 1. The van der Waals surface area contributed by atoms with Crippen molar-refractivity contribution in [3.05, 3.63) is 10.2 Å². The molecule has 1 N–H and O–H groups in total. The van der Waals surface area contributed by atoms with E-state index in [9.17, 15) is 9.59 Å². The minimum atomic E-state index is -0.555. The molecule has 0 spiro atoms. The first-order valence-corrected chi connectivity index (χ1v) is 4.95. The Morgan fingerprint density at radius 2 is 1.86 bits per heavy atom. The van der Waals surface area contributed by atoms with Gasteiger partial charge in [-0.3, -0.25) is 4.79 Å². The zero-order chi connectivity index (χ0) is 11.3. The molecule has 0 aliphatic carbocycles. The zero-order valence-electron chi connectivity index (χ0n) is 8.68. The van der Waals surface area contributed by atoms with E-state index in [2.05, 4.69) is 26.0 Å². The minimum absolute atomic E-state index is 0.107. The van der Waals surface area contributed by atoms with E-state index < -0.39 is 5.97 Å². The Morgan fingerprint density at radius 1 is 1.36 bits per heavy atom. The van der Waals surface area contributed by atoms with Crippen molar-refractivity contribution >= 4 is 27.8 Å². The molecule has 5 heteroatoms. The van der Waals surface area contributed by atoms with Gasteiger partial charge in [0.15, 0.2) is 0 Å². The molecular weight excluding hydrogens is 250 g/mol. The van der Waals surface area contributed by atoms with Crippen molar-refractivity contribution in [3.63, 3.8) is 0 Å². The molecule has 0 aromatic heterocycles. The maximum Gasteiger partial charge on any atom is 0.355 e. The van der Waals surface area contributed by atoms with E-state index in [0.717, 1.165) is 0 Å². The number of carbonyl (C=O) groups excluding carboxylic acids is 2. The quantitative estimate of drug-likeness (QED) is 0.621. The molecule has 14 heavy (non-hydrogen) atoms. The monoisotopic (exact) mass is 263 g/mol. The number of allylic oxidation sites excluding steroid dienone is 1. The molecule has 0 rings (SSSR count). The third kappa shape index (κ3) is 3.91. The Kier molecular flexibility index (Phi) is 5.45. The van der Waals surface area contributed by atoms with Crippen LogP contribution >= 0.6 is 15.9 Å². The van der Waals surface area contributed by atoms with E-state index in [1.165, 1.54) is 14.0 Å². The fraction of sp³-hybridized carbons (Fsp3) is 0.556. The highest BCUT2D eigenvalue weighted by Gasteiger charge is 2.17. The molecule has 0 atom stereocenters. The van der Waals surface area contributed by atoms with Crippen LogP contribution in [0.1, 0.15) is 20.8 Å². The molecule has 0 aromatic carbocycles. The van der Waals surface area contributed by atoms with Crippen LogP contribution in [0.5, 0.6) is 0 Å². The van der Waals surface area contributed by atoms with Gasteiger partial charge in [-0.1, -0.05) is 29.8 Å². The van der Waals surface area contributed by atoms with E-state index in [0.29, 0.717) is 4.48 Å². The van der Waals surface area contributed by atoms with Gasteiger partial charge in [-0.15, -0.1) is 0 Å². The minimum Gasteiger partial charge on any atom is -0.464 e. The van der Waals surface area contributed by atoms with E-state index >= 15 is 0 Å². The first kappa shape index (κ1) is 13.2. The fourth-order valence-electron chi connectivity index (χ4n) is 0.775. The van der Waals surface area contributed by atoms with Crippen LogP contribution in [-0.4, -0.2) is 19.0 Å². The van der Waals surface area contributed by atoms with Crippen molar-refractivity contribution in [1.29, 1.82) is 0 Å². The summed E-state index contributed by atoms with van der Waals surface area (Å²) in [6.45, 7) is 5.13. The molecule has 0 aliphatic rings. The summed E-state index contributed by atoms with van der Waals surface area (Å²) >= 11 is 3.24. The lowest BCUT2D eigenvalue weighted by Gasteiger charge is -2.11. The van der Waals surface area contributed by atoms with Gasteiger partial charge >= 0.3 is 5.97 Å². The number of hydrogen-bond donors (Lipinski definition) is 1. The van der Waals surface area contributed by atoms with Crippen molar-refractivity contribution in [1.82, 2.24) is 5.32 Å². The normalized spacial score (nSPS) is 12.1. The van der Waals surface area contributed by atoms with Crippen LogP contribution in [0.4, 0.5) is 0 Å². The molecule has 0 heterocycles. The molecule has 0 aromatic rings. The third-order valence-electron chi connectivity index (χ3n) is 1.44. The maximum atomic E-state index is 11.3. The first-order valence-electron chi connectivity index (χ1n) is 4.15. The van der Waals surface area contributed by atoms with E-state index in [1.54, 1.807) is 0 Å². The van der Waals surface area contributed by atoms with Crippen molar-refractivity contribution in [3.8, 4) is 0 Å². The van der Waals surface area contributed by atoms with E-state index in [4.69, 9.17) is 0 Å². The maximum absolute atomic E-state index is 11.3. The number of carbonyl (C=O) groups is 2. The highest BCUT2D eigenvalue weighted by Crippen LogP contribution is 2.20. The largest absolute Gasteiger partial charge is 0.464 e. The second-order valence-electron chi connectivity index (χ2n) is 3.05. The summed E-state index contributed by atoms with van der Waals surface area (Å²) in [5, 5.41) is 2.43. The van der Waals surface area contributed by atoms with E-state index in [-0.39, 0.29) is 17.5 Å². The molecule has 0 unspecified atom stereocenters. The van der Waals surface area contributed by atoms with Gasteiger partial charge in [-0.2, -0.15) is 0 Å². The summed E-state index contributed by atoms with van der Waals surface area (Å²) in [7, 11) is 1.27. The summed E-state index contributed by atoms with van der Waals surface area (Å²) in [5.74, 6) is -0.750. The molecule has 0 radical (unpaired) electrons. The fourth-order valence-corrected chi connectivity index (χ4v) is 1.04. The topological polar surface area (TPSA) is 55.4 Å². The molecule has 0 fully saturated rings. The average molecular weight is 264 g/mol. The van der Waals surface area contributed by atoms with Gasteiger partial charge in [0.25, 0.3) is 0 Å². The summed E-state index contributed by atoms with van der Waals surface area (Å²) in [6, 6.07) is 0. The molecule has 1 amide bonds. The van der Waals surface area contributed by atoms with Gasteiger partial charge in [0.1, 0.15) is 5.70 Å². The average Bonchev–Trinajstić information content (AvgIpc) is 2.11. The number of ether oxygens (including phenoxy) is 1. The Bertz CT molecular complexity index is 271. The van der Waals surface area contributed by atoms with Gasteiger partial charge in [0.2, 0.25) is 5.91 Å². The molecule has 0 saturated heterocycles. The van der Waals surface area contributed by atoms with Crippen LogP contribution in [0.3, 0.4) is 0 Å². The number of rotatable bonds is 3. The van der Waals surface area contributed by atoms with Crippen molar-refractivity contribution < 1.29 is 14.3 Å². The molecule has 0 aliphatic heterocycles. The third-order valence-corrected chi connectivity index (χ3v) is 2.75. The smallest absolute Gasteiger partial charge is 0.355 e. The molecule has 4 nitrogen and oxygen atoms in total. The molecular formula is C9H14BrNO3. The molecule has 0 saturated carbocycles. The SMILES string of the molecule is COC(=O)/C(NC(C)=O)=C(/Br)C(C)C. The lowest BCUT2D eigenvalue weighted by Crippen LogP contribution is -2.27. The number of nitrogens with one attached hydrogen (secondary N) is 1. The standard InChI is InChI=1S/C9H14BrNO3/c1-5(2)7(10)8(9(13)14-4)11-6(3)12/h5H,1-4H3,(H,11,12)/b8-7-. The second-order valence-corrected chi connectivity index (χ2v) is 3.90. The lowest BCUT2D eigenvalue weighted by atomic mass is 10.2. The number of halogens is 1. The number of amides is 1. The van der Waals surface area contributed by atoms with Crippen molar-refractivity contribution in [2.75, 3.05) is 7.11 Å². The first-order chi connectivity index (χ1) is 6.40. The van der Waals surface area contributed by atoms with Crippen LogP contribution in [-0.2, 0) is 14.3 Å². The Balaban J connectivity index is 4.98. The predicted octanol–water partition coefficient (Wildman–Crippen LogP) is 1.56. The molecule has 0 bridgehead atoms. The second kappa shape index (κ2) is 5.80. The van der Waals surface area contributed by atoms with Gasteiger partial charge < -0.3 is 10.1 Å². The van der Waals surface area contributed by atoms with E-state index in [1.807, 2.05) is 13.8 Å². The van der Waals surface area contributed by atoms with Gasteiger partial charge in [-0.25, -0.2) is 4.79 Å². The Hall–Kier alpha value is -0.840. The van der Waals surface area contributed by atoms with Crippen LogP contribution in [0.15, 0.2) is 10.2 Å². The van der Waals surface area contributed by atoms with Crippen LogP contribution < -0.4 is 5.32 Å². The molecule has 80 valence electrons. The number of hydrogen-bond acceptors (Lipinski definition) is 3. The van der Waals surface area contributed by atoms with Crippen LogP contribution in [0.25, 0.3) is 0 Å². The summed E-state index contributed by atoms with van der Waals surface area (Å²) in [6.07, 6.45) is 0. The van der Waals surface area contributed by atoms with Crippen molar-refractivity contribution in [2.45, 2.75) is 20.8 Å². The van der Waals surface area contributed by atoms with Crippen LogP contribution in [0.2, 0.25) is 0 Å². The highest BCUT2D eigenvalue weighted by molar-refractivity contribution is 9.11. The summed E-state index contributed by atoms with van der Waals surface area (Å²) in [5.41, 5.74) is 0.162. The lowest BCUT2D eigenvalue weighted by molar-refractivity contribution is -0.137. The Labute approximate surface area is 91.8 Å². The van der Waals surface area contributed by atoms with Crippen LogP contribution in [0, 0.1) is 5.92 Å². The summed E-state index contributed by atoms with van der Waals surface area (Å²) in [4.78, 5) is 22.1. The van der Waals surface area contributed by atoms with Gasteiger partial charge in [0, 0.05) is 11.4 Å². The highest BCUT2D eigenvalue weighted by atomic mass is 79.9. The Morgan fingerprint density at radius 3 is 2.14 bits per heavy atom. The van der Waals surface area contributed by atoms with Gasteiger partial charge in [0.05, 0.1) is 7.11 Å². The van der Waals surface area contributed by atoms with Crippen molar-refractivity contribution in [2.24, 2.45) is 5.92 Å². The summed E-state index contributed by atoms with van der Waals surface area (Å²) < 4.78 is 5.17. The van der Waals surface area contributed by atoms with Gasteiger partial charge in [-0.05, 0) is 5.92 Å². The predicted molar refractivity (Wildman–Crippen MR) is 56.6 cm³/mol. The number of esters is 1. The zero-order valence-corrected chi connectivity index (χ0v) is 10.3.